The topological polar surface area (TPSA) is 41.9 Å². The highest BCUT2D eigenvalue weighted by molar-refractivity contribution is 5.44. The molecule has 0 spiro atoms. The minimum atomic E-state index is -0.510. The van der Waals surface area contributed by atoms with E-state index in [1.54, 1.807) is 0 Å². The Morgan fingerprint density at radius 2 is 1.89 bits per heavy atom. The van der Waals surface area contributed by atoms with E-state index in [0.29, 0.717) is 25.8 Å². The van der Waals surface area contributed by atoms with Crippen molar-refractivity contribution in [2.45, 2.75) is 32.4 Å². The summed E-state index contributed by atoms with van der Waals surface area (Å²) in [6, 6.07) is 6.09. The van der Waals surface area contributed by atoms with Crippen molar-refractivity contribution in [2.24, 2.45) is 0 Å². The van der Waals surface area contributed by atoms with Crippen LogP contribution in [0.3, 0.4) is 0 Å². The van der Waals surface area contributed by atoms with Gasteiger partial charge < -0.3 is 19.5 Å². The van der Waals surface area contributed by atoms with Gasteiger partial charge in [0.15, 0.2) is 11.5 Å². The summed E-state index contributed by atoms with van der Waals surface area (Å²) in [4.78, 5) is 2.12. The van der Waals surface area contributed by atoms with E-state index in [0.717, 1.165) is 23.5 Å². The van der Waals surface area contributed by atoms with Crippen molar-refractivity contribution in [1.82, 2.24) is 4.90 Å². The first kappa shape index (κ1) is 14.2. The third kappa shape index (κ3) is 3.61. The van der Waals surface area contributed by atoms with Gasteiger partial charge in [0.2, 0.25) is 0 Å². The summed E-state index contributed by atoms with van der Waals surface area (Å²) in [6.07, 6.45) is 0.382. The first-order chi connectivity index (χ1) is 9.08. The number of nitrogens with zero attached hydrogens (tertiary/aromatic N) is 1. The molecule has 0 fully saturated rings. The molecule has 0 amide bonds. The molecule has 1 atom stereocenters. The monoisotopic (exact) mass is 265 g/mol. The van der Waals surface area contributed by atoms with Crippen molar-refractivity contribution in [1.29, 1.82) is 0 Å². The van der Waals surface area contributed by atoms with Crippen molar-refractivity contribution in [3.63, 3.8) is 0 Å². The number of ether oxygens (including phenoxy) is 2. The van der Waals surface area contributed by atoms with Gasteiger partial charge in [-0.3, -0.25) is 0 Å². The molecule has 19 heavy (non-hydrogen) atoms. The number of benzene rings is 1. The summed E-state index contributed by atoms with van der Waals surface area (Å²) >= 11 is 0. The number of aliphatic hydroxyl groups is 1. The van der Waals surface area contributed by atoms with Gasteiger partial charge in [0, 0.05) is 19.0 Å². The molecule has 0 saturated carbocycles. The Kier molecular flexibility index (Phi) is 4.66. The molecule has 1 unspecified atom stereocenters. The van der Waals surface area contributed by atoms with E-state index in [1.807, 2.05) is 25.2 Å². The molecule has 2 rings (SSSR count). The maximum absolute atomic E-state index is 10.3. The van der Waals surface area contributed by atoms with Gasteiger partial charge in [-0.1, -0.05) is 6.07 Å². The molecular formula is C15H23NO3. The second-order valence-corrected chi connectivity index (χ2v) is 5.31. The molecule has 0 radical (unpaired) electrons. The molecule has 0 bridgehead atoms. The average molecular weight is 265 g/mol. The summed E-state index contributed by atoms with van der Waals surface area (Å²) in [6.45, 7) is 6.18. The lowest BCUT2D eigenvalue weighted by Crippen LogP contribution is -2.30. The van der Waals surface area contributed by atoms with Crippen LogP contribution in [0, 0.1) is 0 Å². The van der Waals surface area contributed by atoms with E-state index in [9.17, 15) is 5.11 Å². The third-order valence-corrected chi connectivity index (χ3v) is 3.50. The summed E-state index contributed by atoms with van der Waals surface area (Å²) in [5.41, 5.74) is 0.872. The highest BCUT2D eigenvalue weighted by Gasteiger charge is 2.16. The van der Waals surface area contributed by atoms with Crippen LogP contribution in [0.1, 0.15) is 31.9 Å². The number of hydrogen-bond donors (Lipinski definition) is 1. The first-order valence-corrected chi connectivity index (χ1v) is 6.86. The molecule has 1 heterocycles. The second kappa shape index (κ2) is 6.26. The van der Waals surface area contributed by atoms with Gasteiger partial charge in [-0.05, 0) is 38.6 Å². The van der Waals surface area contributed by atoms with Crippen LogP contribution in [0.4, 0.5) is 0 Å². The van der Waals surface area contributed by atoms with Crippen LogP contribution in [0.15, 0.2) is 18.2 Å². The lowest BCUT2D eigenvalue weighted by molar-refractivity contribution is 0.112. The van der Waals surface area contributed by atoms with E-state index in [4.69, 9.17) is 9.47 Å². The number of hydrogen-bond acceptors (Lipinski definition) is 4. The minimum absolute atomic E-state index is 0.412. The normalized spacial score (nSPS) is 16.5. The maximum Gasteiger partial charge on any atom is 0.161 e. The Labute approximate surface area is 114 Å². The minimum Gasteiger partial charge on any atom is -0.490 e. The van der Waals surface area contributed by atoms with Crippen LogP contribution in [0.5, 0.6) is 11.5 Å². The molecule has 0 saturated heterocycles. The lowest BCUT2D eigenvalue weighted by Gasteiger charge is -2.24. The molecule has 106 valence electrons. The zero-order chi connectivity index (χ0) is 13.8. The molecule has 4 heteroatoms. The zero-order valence-electron chi connectivity index (χ0n) is 11.9. The molecule has 0 aromatic heterocycles. The highest BCUT2D eigenvalue weighted by atomic mass is 16.5. The van der Waals surface area contributed by atoms with Gasteiger partial charge in [0.25, 0.3) is 0 Å². The predicted octanol–water partition coefficient (Wildman–Crippen LogP) is 2.22. The van der Waals surface area contributed by atoms with Crippen molar-refractivity contribution < 1.29 is 14.6 Å². The Hall–Kier alpha value is -1.26. The molecule has 1 aliphatic heterocycles. The average Bonchev–Trinajstić information content (AvgIpc) is 2.62. The largest absolute Gasteiger partial charge is 0.490 e. The van der Waals surface area contributed by atoms with Crippen molar-refractivity contribution in [3.05, 3.63) is 23.8 Å². The molecule has 0 aliphatic carbocycles. The molecule has 1 N–H and O–H groups in total. The Balaban J connectivity index is 2.10. The van der Waals surface area contributed by atoms with Gasteiger partial charge in [-0.25, -0.2) is 0 Å². The molecule has 1 aliphatic rings. The molecule has 4 nitrogen and oxygen atoms in total. The van der Waals surface area contributed by atoms with Gasteiger partial charge in [-0.2, -0.15) is 0 Å². The number of rotatable bonds is 4. The van der Waals surface area contributed by atoms with Gasteiger partial charge in [-0.15, -0.1) is 0 Å². The number of aliphatic hydroxyl groups excluding tert-OH is 1. The van der Waals surface area contributed by atoms with E-state index >= 15 is 0 Å². The Bertz CT molecular complexity index is 420. The smallest absolute Gasteiger partial charge is 0.161 e. The Morgan fingerprint density at radius 3 is 2.58 bits per heavy atom. The summed E-state index contributed by atoms with van der Waals surface area (Å²) in [5, 5.41) is 10.3. The van der Waals surface area contributed by atoms with E-state index in [-0.39, 0.29) is 0 Å². The van der Waals surface area contributed by atoms with Crippen LogP contribution in [0.2, 0.25) is 0 Å². The van der Waals surface area contributed by atoms with Crippen molar-refractivity contribution >= 4 is 0 Å². The fourth-order valence-corrected chi connectivity index (χ4v) is 1.98. The van der Waals surface area contributed by atoms with E-state index in [2.05, 4.69) is 18.7 Å². The molecule has 1 aromatic carbocycles. The third-order valence-electron chi connectivity index (χ3n) is 3.50. The standard InChI is InChI=1S/C15H23NO3/c1-11(2)16(3)10-13(17)12-5-6-14-15(9-12)19-8-4-7-18-14/h5-6,9,11,13,17H,4,7-8,10H2,1-3H3. The fraction of sp³-hybridized carbons (Fsp3) is 0.600. The molecule has 1 aromatic rings. The highest BCUT2D eigenvalue weighted by Crippen LogP contribution is 2.32. The zero-order valence-corrected chi connectivity index (χ0v) is 11.9. The lowest BCUT2D eigenvalue weighted by atomic mass is 10.1. The summed E-state index contributed by atoms with van der Waals surface area (Å²) in [5.74, 6) is 1.51. The number of likely N-dealkylation sites (N-methyl/N-ethyl adjacent to an activating group) is 1. The summed E-state index contributed by atoms with van der Waals surface area (Å²) < 4.78 is 11.2. The van der Waals surface area contributed by atoms with E-state index in [1.165, 1.54) is 0 Å². The van der Waals surface area contributed by atoms with Crippen molar-refractivity contribution in [2.75, 3.05) is 26.8 Å². The molecular weight excluding hydrogens is 242 g/mol. The SMILES string of the molecule is CC(C)N(C)CC(O)c1ccc2c(c1)OCCCO2. The second-order valence-electron chi connectivity index (χ2n) is 5.31. The first-order valence-electron chi connectivity index (χ1n) is 6.86. The predicted molar refractivity (Wildman–Crippen MR) is 74.8 cm³/mol. The quantitative estimate of drug-likeness (QED) is 0.906. The van der Waals surface area contributed by atoms with Gasteiger partial charge in [0.05, 0.1) is 19.3 Å². The van der Waals surface area contributed by atoms with Gasteiger partial charge in [0.1, 0.15) is 0 Å². The van der Waals surface area contributed by atoms with Crippen LogP contribution in [-0.4, -0.2) is 42.9 Å². The van der Waals surface area contributed by atoms with Crippen molar-refractivity contribution in [3.8, 4) is 11.5 Å². The van der Waals surface area contributed by atoms with E-state index < -0.39 is 6.10 Å². The fourth-order valence-electron chi connectivity index (χ4n) is 1.98. The van der Waals surface area contributed by atoms with Gasteiger partial charge >= 0.3 is 0 Å². The Morgan fingerprint density at radius 1 is 1.21 bits per heavy atom. The van der Waals surface area contributed by atoms with Crippen LogP contribution < -0.4 is 9.47 Å². The summed E-state index contributed by atoms with van der Waals surface area (Å²) in [7, 11) is 2.01. The van der Waals surface area contributed by atoms with Crippen LogP contribution in [-0.2, 0) is 0 Å². The van der Waals surface area contributed by atoms with Crippen LogP contribution in [0.25, 0.3) is 0 Å². The maximum atomic E-state index is 10.3. The van der Waals surface area contributed by atoms with Crippen LogP contribution >= 0.6 is 0 Å². The number of fused-ring (bicyclic) bond motifs is 1.